The van der Waals surface area contributed by atoms with Crippen LogP contribution in [0.15, 0.2) is 36.4 Å². The predicted molar refractivity (Wildman–Crippen MR) is 74.9 cm³/mol. The molecular weight excluding hydrogens is 259 g/mol. The van der Waals surface area contributed by atoms with Gasteiger partial charge in [0.05, 0.1) is 16.9 Å². The fourth-order valence-corrected chi connectivity index (χ4v) is 2.58. The summed E-state index contributed by atoms with van der Waals surface area (Å²) in [5, 5.41) is 9.11. The van der Waals surface area contributed by atoms with Crippen molar-refractivity contribution < 1.29 is 14.3 Å². The Balaban J connectivity index is 2.11. The average Bonchev–Trinajstić information content (AvgIpc) is 2.81. The van der Waals surface area contributed by atoms with Crippen LogP contribution in [0, 0.1) is 5.82 Å². The van der Waals surface area contributed by atoms with Crippen LogP contribution in [-0.4, -0.2) is 17.6 Å². The number of benzene rings is 2. The second-order valence-electron chi connectivity index (χ2n) is 4.72. The summed E-state index contributed by atoms with van der Waals surface area (Å²) in [6, 6.07) is 9.49. The average molecular weight is 272 g/mol. The SMILES string of the molecule is Nc1c(C(=O)O)cccc1N1CCc2ccc(F)cc21. The zero-order chi connectivity index (χ0) is 14.3. The third-order valence-electron chi connectivity index (χ3n) is 3.55. The standard InChI is InChI=1S/C15H13FN2O2/c16-10-5-4-9-6-7-18(13(9)8-10)12-3-1-2-11(14(12)17)15(19)20/h1-5,8H,6-7,17H2,(H,19,20). The molecule has 0 amide bonds. The molecule has 0 radical (unpaired) electrons. The van der Waals surface area contributed by atoms with Gasteiger partial charge in [0.1, 0.15) is 5.82 Å². The summed E-state index contributed by atoms with van der Waals surface area (Å²) in [5.74, 6) is -1.38. The van der Waals surface area contributed by atoms with E-state index in [1.165, 1.54) is 18.2 Å². The molecule has 0 unspecified atom stereocenters. The summed E-state index contributed by atoms with van der Waals surface area (Å²) in [6.07, 6.45) is 0.784. The molecule has 0 saturated heterocycles. The molecule has 20 heavy (non-hydrogen) atoms. The Bertz CT molecular complexity index is 700. The van der Waals surface area contributed by atoms with Crippen molar-refractivity contribution in [1.29, 1.82) is 0 Å². The van der Waals surface area contributed by atoms with Gasteiger partial charge in [-0.25, -0.2) is 9.18 Å². The summed E-state index contributed by atoms with van der Waals surface area (Å²) >= 11 is 0. The van der Waals surface area contributed by atoms with E-state index < -0.39 is 5.97 Å². The maximum Gasteiger partial charge on any atom is 0.337 e. The zero-order valence-electron chi connectivity index (χ0n) is 10.6. The summed E-state index contributed by atoms with van der Waals surface area (Å²) in [6.45, 7) is 0.659. The highest BCUT2D eigenvalue weighted by atomic mass is 19.1. The minimum absolute atomic E-state index is 0.0624. The molecule has 2 aromatic rings. The maximum atomic E-state index is 13.4. The number of carboxylic acid groups (broad SMARTS) is 1. The van der Waals surface area contributed by atoms with E-state index in [0.29, 0.717) is 12.2 Å². The Labute approximate surface area is 115 Å². The number of aromatic carboxylic acids is 1. The van der Waals surface area contributed by atoms with Gasteiger partial charge in [0.2, 0.25) is 0 Å². The number of carbonyl (C=O) groups is 1. The second kappa shape index (κ2) is 4.52. The van der Waals surface area contributed by atoms with E-state index in [1.807, 2.05) is 4.90 Å². The number of halogens is 1. The first-order valence-corrected chi connectivity index (χ1v) is 6.25. The van der Waals surface area contributed by atoms with Gasteiger partial charge >= 0.3 is 5.97 Å². The summed E-state index contributed by atoms with van der Waals surface area (Å²) in [7, 11) is 0. The molecule has 0 spiro atoms. The number of nitrogens with zero attached hydrogens (tertiary/aromatic N) is 1. The highest BCUT2D eigenvalue weighted by molar-refractivity contribution is 5.98. The molecule has 0 aromatic heterocycles. The predicted octanol–water partition coefficient (Wildman–Crippen LogP) is 2.80. The van der Waals surface area contributed by atoms with Crippen LogP contribution in [0.3, 0.4) is 0 Å². The lowest BCUT2D eigenvalue weighted by Gasteiger charge is -2.22. The second-order valence-corrected chi connectivity index (χ2v) is 4.72. The van der Waals surface area contributed by atoms with E-state index >= 15 is 0 Å². The van der Waals surface area contributed by atoms with Crippen LogP contribution in [0.5, 0.6) is 0 Å². The molecule has 2 aromatic carbocycles. The summed E-state index contributed by atoms with van der Waals surface area (Å²) in [4.78, 5) is 13.0. The number of fused-ring (bicyclic) bond motifs is 1. The van der Waals surface area contributed by atoms with Crippen molar-refractivity contribution in [3.8, 4) is 0 Å². The molecule has 0 saturated carbocycles. The number of nitrogen functional groups attached to an aromatic ring is 1. The van der Waals surface area contributed by atoms with Crippen LogP contribution in [0.2, 0.25) is 0 Å². The molecule has 102 valence electrons. The minimum atomic E-state index is -1.07. The lowest BCUT2D eigenvalue weighted by atomic mass is 10.1. The molecule has 3 N–H and O–H groups in total. The maximum absolute atomic E-state index is 13.4. The topological polar surface area (TPSA) is 66.6 Å². The van der Waals surface area contributed by atoms with Crippen molar-refractivity contribution in [1.82, 2.24) is 0 Å². The first kappa shape index (κ1) is 12.5. The summed E-state index contributed by atoms with van der Waals surface area (Å²) in [5.41, 5.74) is 8.60. The Morgan fingerprint density at radius 3 is 2.80 bits per heavy atom. The number of nitrogens with two attached hydrogens (primary N) is 1. The molecule has 4 nitrogen and oxygen atoms in total. The van der Waals surface area contributed by atoms with Gasteiger partial charge in [-0.1, -0.05) is 12.1 Å². The van der Waals surface area contributed by atoms with Crippen LogP contribution in [0.1, 0.15) is 15.9 Å². The number of carboxylic acids is 1. The van der Waals surface area contributed by atoms with Gasteiger partial charge in [0, 0.05) is 12.2 Å². The van der Waals surface area contributed by atoms with Gasteiger partial charge in [-0.2, -0.15) is 0 Å². The van der Waals surface area contributed by atoms with Crippen LogP contribution < -0.4 is 10.6 Å². The van der Waals surface area contributed by atoms with Crippen molar-refractivity contribution in [3.63, 3.8) is 0 Å². The van der Waals surface area contributed by atoms with Crippen molar-refractivity contribution in [2.45, 2.75) is 6.42 Å². The van der Waals surface area contributed by atoms with Gasteiger partial charge in [-0.15, -0.1) is 0 Å². The first-order valence-electron chi connectivity index (χ1n) is 6.25. The van der Waals surface area contributed by atoms with E-state index in [9.17, 15) is 9.18 Å². The van der Waals surface area contributed by atoms with Crippen molar-refractivity contribution in [2.24, 2.45) is 0 Å². The van der Waals surface area contributed by atoms with E-state index in [-0.39, 0.29) is 17.1 Å². The lowest BCUT2D eigenvalue weighted by Crippen LogP contribution is -2.16. The summed E-state index contributed by atoms with van der Waals surface area (Å²) < 4.78 is 13.4. The Morgan fingerprint density at radius 1 is 1.25 bits per heavy atom. The third-order valence-corrected chi connectivity index (χ3v) is 3.55. The third kappa shape index (κ3) is 1.87. The smallest absolute Gasteiger partial charge is 0.337 e. The van der Waals surface area contributed by atoms with Crippen LogP contribution in [0.4, 0.5) is 21.5 Å². The molecule has 1 heterocycles. The van der Waals surface area contributed by atoms with Crippen LogP contribution in [0.25, 0.3) is 0 Å². The minimum Gasteiger partial charge on any atom is -0.478 e. The lowest BCUT2D eigenvalue weighted by molar-refractivity contribution is 0.0698. The van der Waals surface area contributed by atoms with E-state index in [2.05, 4.69) is 0 Å². The first-order chi connectivity index (χ1) is 9.58. The molecule has 0 bridgehead atoms. The number of anilines is 3. The van der Waals surface area contributed by atoms with Crippen LogP contribution in [-0.2, 0) is 6.42 Å². The Hall–Kier alpha value is -2.56. The van der Waals surface area contributed by atoms with Gasteiger partial charge < -0.3 is 15.7 Å². The fourth-order valence-electron chi connectivity index (χ4n) is 2.58. The van der Waals surface area contributed by atoms with E-state index in [4.69, 9.17) is 10.8 Å². The fraction of sp³-hybridized carbons (Fsp3) is 0.133. The molecule has 0 fully saturated rings. The highest BCUT2D eigenvalue weighted by Gasteiger charge is 2.24. The Morgan fingerprint density at radius 2 is 2.05 bits per heavy atom. The largest absolute Gasteiger partial charge is 0.478 e. The van der Waals surface area contributed by atoms with Gasteiger partial charge in [0.25, 0.3) is 0 Å². The van der Waals surface area contributed by atoms with Crippen molar-refractivity contribution >= 4 is 23.0 Å². The van der Waals surface area contributed by atoms with E-state index in [0.717, 1.165) is 17.7 Å². The van der Waals surface area contributed by atoms with Crippen molar-refractivity contribution in [3.05, 3.63) is 53.3 Å². The number of para-hydroxylation sites is 1. The molecule has 3 rings (SSSR count). The normalized spacial score (nSPS) is 13.3. The molecule has 1 aliphatic heterocycles. The number of rotatable bonds is 2. The molecule has 5 heteroatoms. The Kier molecular flexibility index (Phi) is 2.82. The monoisotopic (exact) mass is 272 g/mol. The van der Waals surface area contributed by atoms with Gasteiger partial charge in [-0.3, -0.25) is 0 Å². The molecule has 1 aliphatic rings. The van der Waals surface area contributed by atoms with Gasteiger partial charge in [-0.05, 0) is 36.2 Å². The highest BCUT2D eigenvalue weighted by Crippen LogP contribution is 2.38. The zero-order valence-corrected chi connectivity index (χ0v) is 10.6. The molecule has 0 aliphatic carbocycles. The van der Waals surface area contributed by atoms with E-state index in [1.54, 1.807) is 18.2 Å². The van der Waals surface area contributed by atoms with Crippen molar-refractivity contribution in [2.75, 3.05) is 17.2 Å². The van der Waals surface area contributed by atoms with Crippen LogP contribution >= 0.6 is 0 Å². The number of hydrogen-bond donors (Lipinski definition) is 2. The molecule has 0 atom stereocenters. The quantitative estimate of drug-likeness (QED) is 0.825. The molecular formula is C15H13FN2O2. The number of hydrogen-bond acceptors (Lipinski definition) is 3. The van der Waals surface area contributed by atoms with Gasteiger partial charge in [0.15, 0.2) is 0 Å².